The fourth-order valence-electron chi connectivity index (χ4n) is 4.61. The van der Waals surface area contributed by atoms with Crippen LogP contribution in [0.2, 0.25) is 0 Å². The molecule has 1 saturated heterocycles. The maximum Gasteiger partial charge on any atom is 0.280 e. The van der Waals surface area contributed by atoms with Crippen molar-refractivity contribution in [2.45, 2.75) is 39.8 Å². The van der Waals surface area contributed by atoms with Crippen molar-refractivity contribution < 1.29 is 13.6 Å². The van der Waals surface area contributed by atoms with E-state index in [-0.39, 0.29) is 17.5 Å². The lowest BCUT2D eigenvalue weighted by atomic mass is 9.95. The van der Waals surface area contributed by atoms with Crippen molar-refractivity contribution in [3.63, 3.8) is 0 Å². The molecule has 0 saturated carbocycles. The van der Waals surface area contributed by atoms with Crippen LogP contribution >= 0.6 is 0 Å². The largest absolute Gasteiger partial charge is 0.371 e. The van der Waals surface area contributed by atoms with Crippen molar-refractivity contribution in [3.8, 4) is 0 Å². The van der Waals surface area contributed by atoms with Gasteiger partial charge >= 0.3 is 0 Å². The Morgan fingerprint density at radius 1 is 1.23 bits per heavy atom. The van der Waals surface area contributed by atoms with Crippen molar-refractivity contribution in [1.82, 2.24) is 19.3 Å². The van der Waals surface area contributed by atoms with Crippen LogP contribution in [-0.4, -0.2) is 38.3 Å². The molecule has 5 rings (SSSR count). The van der Waals surface area contributed by atoms with Gasteiger partial charge in [0.2, 0.25) is 5.91 Å². The molecular weight excluding hydrogens is 388 g/mol. The third-order valence-electron chi connectivity index (χ3n) is 6.49. The van der Waals surface area contributed by atoms with Crippen LogP contribution in [0.1, 0.15) is 40.9 Å². The van der Waals surface area contributed by atoms with Gasteiger partial charge in [-0.25, -0.2) is 13.8 Å². The minimum Gasteiger partial charge on any atom is -0.371 e. The summed E-state index contributed by atoms with van der Waals surface area (Å²) in [5.74, 6) is 0.385. The number of rotatable bonds is 4. The van der Waals surface area contributed by atoms with Gasteiger partial charge in [-0.2, -0.15) is 0 Å². The van der Waals surface area contributed by atoms with Crippen LogP contribution in [0.3, 0.4) is 0 Å². The third kappa shape index (κ3) is 3.02. The van der Waals surface area contributed by atoms with E-state index in [4.69, 9.17) is 0 Å². The molecule has 1 amide bonds. The summed E-state index contributed by atoms with van der Waals surface area (Å²) in [6.45, 7) is 6.84. The fourth-order valence-corrected chi connectivity index (χ4v) is 4.61. The summed E-state index contributed by atoms with van der Waals surface area (Å²) in [5, 5.41) is 0. The molecule has 5 heterocycles. The van der Waals surface area contributed by atoms with Crippen molar-refractivity contribution >= 4 is 17.1 Å². The Hall–Kier alpha value is -3.03. The zero-order valence-corrected chi connectivity index (χ0v) is 17.0. The van der Waals surface area contributed by atoms with Gasteiger partial charge in [-0.15, -0.1) is 0 Å². The number of aryl methyl sites for hydroxylation is 1. The number of hydrogen-bond acceptors (Lipinski definition) is 4. The van der Waals surface area contributed by atoms with Crippen LogP contribution in [0.25, 0.3) is 5.52 Å². The van der Waals surface area contributed by atoms with Gasteiger partial charge in [0, 0.05) is 61.7 Å². The highest BCUT2D eigenvalue weighted by Gasteiger charge is 2.33. The number of pyridine rings is 2. The van der Waals surface area contributed by atoms with Gasteiger partial charge in [-0.3, -0.25) is 9.78 Å². The number of imidazole rings is 1. The van der Waals surface area contributed by atoms with Gasteiger partial charge in [-0.05, 0) is 37.1 Å². The van der Waals surface area contributed by atoms with Crippen LogP contribution in [0, 0.1) is 19.8 Å². The number of alkyl halides is 2. The molecule has 0 spiro atoms. The van der Waals surface area contributed by atoms with E-state index in [2.05, 4.69) is 28.2 Å². The van der Waals surface area contributed by atoms with E-state index in [1.807, 2.05) is 22.3 Å². The summed E-state index contributed by atoms with van der Waals surface area (Å²) >= 11 is 0. The first-order chi connectivity index (χ1) is 14.4. The molecule has 156 valence electrons. The maximum atomic E-state index is 13.0. The molecule has 0 aliphatic carbocycles. The monoisotopic (exact) mass is 411 g/mol. The number of halogens is 2. The number of nitrogens with zero attached hydrogens (tertiary/aromatic N) is 5. The molecule has 0 N–H and O–H groups in total. The fraction of sp³-hybridized carbons (Fsp3) is 0.409. The van der Waals surface area contributed by atoms with E-state index >= 15 is 0 Å². The normalized spacial score (nSPS) is 16.4. The Kier molecular flexibility index (Phi) is 4.45. The topological polar surface area (TPSA) is 53.7 Å². The summed E-state index contributed by atoms with van der Waals surface area (Å²) in [6, 6.07) is 3.17. The molecule has 6 nitrogen and oxygen atoms in total. The van der Waals surface area contributed by atoms with Gasteiger partial charge in [-0.1, -0.05) is 0 Å². The zero-order chi connectivity index (χ0) is 21.0. The predicted octanol–water partition coefficient (Wildman–Crippen LogP) is 3.65. The summed E-state index contributed by atoms with van der Waals surface area (Å²) in [6.07, 6.45) is 3.01. The highest BCUT2D eigenvalue weighted by Crippen LogP contribution is 2.34. The number of carbonyl (C=O) groups excluding carboxylic acids is 1. The smallest absolute Gasteiger partial charge is 0.280 e. The number of fused-ring (bicyclic) bond motifs is 3. The lowest BCUT2D eigenvalue weighted by Gasteiger charge is -2.41. The standard InChI is InChI=1S/C22H23F2N5O/c1-13-14(2)29-12-25-7-20(29)18-11-28(10-17(13)18)21(30)5-15-8-27(9-15)16-3-4-26-19(6-16)22(23)24/h3-4,6-7,12,15,22H,5,8-11H2,1-2H3. The van der Waals surface area contributed by atoms with E-state index in [1.54, 1.807) is 6.07 Å². The van der Waals surface area contributed by atoms with Gasteiger partial charge in [0.1, 0.15) is 5.69 Å². The maximum absolute atomic E-state index is 13.0. The summed E-state index contributed by atoms with van der Waals surface area (Å²) in [7, 11) is 0. The molecule has 0 aromatic carbocycles. The van der Waals surface area contributed by atoms with Gasteiger partial charge in [0.05, 0.1) is 18.0 Å². The molecule has 1 fully saturated rings. The first-order valence-corrected chi connectivity index (χ1v) is 10.1. The van der Waals surface area contributed by atoms with Crippen LogP contribution < -0.4 is 4.90 Å². The highest BCUT2D eigenvalue weighted by atomic mass is 19.3. The first kappa shape index (κ1) is 19.0. The minimum absolute atomic E-state index is 0.147. The molecule has 0 radical (unpaired) electrons. The molecule has 0 atom stereocenters. The van der Waals surface area contributed by atoms with E-state index in [0.29, 0.717) is 32.6 Å². The number of aromatic nitrogens is 3. The highest BCUT2D eigenvalue weighted by molar-refractivity contribution is 5.79. The third-order valence-corrected chi connectivity index (χ3v) is 6.49. The van der Waals surface area contributed by atoms with Gasteiger partial charge < -0.3 is 14.2 Å². The lowest BCUT2D eigenvalue weighted by molar-refractivity contribution is -0.133. The predicted molar refractivity (Wildman–Crippen MR) is 108 cm³/mol. The van der Waals surface area contributed by atoms with E-state index in [1.165, 1.54) is 29.0 Å². The van der Waals surface area contributed by atoms with E-state index in [9.17, 15) is 13.6 Å². The molecular formula is C22H23F2N5O. The molecule has 3 aromatic rings. The molecule has 0 unspecified atom stereocenters. The van der Waals surface area contributed by atoms with Crippen molar-refractivity contribution in [1.29, 1.82) is 0 Å². The second-order valence-electron chi connectivity index (χ2n) is 8.28. The van der Waals surface area contributed by atoms with E-state index in [0.717, 1.165) is 16.9 Å². The number of carbonyl (C=O) groups is 1. The summed E-state index contributed by atoms with van der Waals surface area (Å²) < 4.78 is 27.8. The van der Waals surface area contributed by atoms with Crippen LogP contribution in [-0.2, 0) is 17.9 Å². The Balaban J connectivity index is 1.23. The van der Waals surface area contributed by atoms with Crippen LogP contribution in [0.5, 0.6) is 0 Å². The molecule has 30 heavy (non-hydrogen) atoms. The Labute approximate surface area is 173 Å². The van der Waals surface area contributed by atoms with Crippen molar-refractivity contribution in [2.24, 2.45) is 5.92 Å². The minimum atomic E-state index is -2.57. The summed E-state index contributed by atoms with van der Waals surface area (Å²) in [4.78, 5) is 24.9. The first-order valence-electron chi connectivity index (χ1n) is 10.1. The van der Waals surface area contributed by atoms with Crippen molar-refractivity contribution in [2.75, 3.05) is 18.0 Å². The van der Waals surface area contributed by atoms with Crippen LogP contribution in [0.4, 0.5) is 14.5 Å². The second kappa shape index (κ2) is 7.04. The molecule has 2 aliphatic heterocycles. The van der Waals surface area contributed by atoms with E-state index < -0.39 is 6.43 Å². The summed E-state index contributed by atoms with van der Waals surface area (Å²) in [5.41, 5.74) is 6.41. The van der Waals surface area contributed by atoms with Gasteiger partial charge in [0.15, 0.2) is 0 Å². The average molecular weight is 411 g/mol. The number of anilines is 1. The van der Waals surface area contributed by atoms with Crippen LogP contribution in [0.15, 0.2) is 30.9 Å². The molecule has 8 heteroatoms. The number of hydrogen-bond donors (Lipinski definition) is 0. The molecule has 2 aliphatic rings. The Morgan fingerprint density at radius 2 is 2.00 bits per heavy atom. The lowest BCUT2D eigenvalue weighted by Crippen LogP contribution is -2.48. The van der Waals surface area contributed by atoms with Crippen molar-refractivity contribution in [3.05, 3.63) is 58.9 Å². The molecule has 3 aromatic heterocycles. The van der Waals surface area contributed by atoms with Gasteiger partial charge in [0.25, 0.3) is 6.43 Å². The molecule has 0 bridgehead atoms. The Bertz CT molecular complexity index is 1140. The zero-order valence-electron chi connectivity index (χ0n) is 17.0. The Morgan fingerprint density at radius 3 is 2.77 bits per heavy atom. The SMILES string of the molecule is Cc1c2c(c3cncn3c1C)CN(C(=O)CC1CN(c3ccnc(C(F)F)c3)C1)C2. The average Bonchev–Trinajstić information content (AvgIpc) is 3.35. The second-order valence-corrected chi connectivity index (χ2v) is 8.28. The number of amides is 1. The quantitative estimate of drug-likeness (QED) is 0.658.